The number of carbonyl (C=O) groups excluding carboxylic acids is 1. The zero-order valence-electron chi connectivity index (χ0n) is 14.4. The Bertz CT molecular complexity index is 936. The molecule has 2 aromatic heterocycles. The van der Waals surface area contributed by atoms with Gasteiger partial charge in [0.05, 0.1) is 11.4 Å². The minimum atomic E-state index is 0.156. The minimum Gasteiger partial charge on any atom is -0.351 e. The first-order valence-corrected chi connectivity index (χ1v) is 9.44. The highest BCUT2D eigenvalue weighted by Gasteiger charge is 2.29. The van der Waals surface area contributed by atoms with Crippen molar-refractivity contribution in [1.29, 1.82) is 0 Å². The molecule has 1 N–H and O–H groups in total. The third kappa shape index (κ3) is 4.08. The summed E-state index contributed by atoms with van der Waals surface area (Å²) in [5.41, 5.74) is 2.31. The molecule has 26 heavy (non-hydrogen) atoms. The summed E-state index contributed by atoms with van der Waals surface area (Å²) in [6, 6.07) is 12.2. The predicted molar refractivity (Wildman–Crippen MR) is 102 cm³/mol. The summed E-state index contributed by atoms with van der Waals surface area (Å²) in [5.74, 6) is 1.42. The maximum atomic E-state index is 11.7. The smallest absolute Gasteiger partial charge is 0.250 e. The van der Waals surface area contributed by atoms with E-state index >= 15 is 0 Å². The van der Waals surface area contributed by atoms with Gasteiger partial charge in [-0.05, 0) is 43.5 Å². The normalized spacial score (nSPS) is 14.0. The van der Waals surface area contributed by atoms with Crippen LogP contribution >= 0.6 is 11.3 Å². The number of rotatable bonds is 6. The molecule has 6 heteroatoms. The number of aromatic nitrogens is 2. The van der Waals surface area contributed by atoms with Crippen molar-refractivity contribution in [2.24, 2.45) is 5.92 Å². The molecule has 3 aromatic rings. The summed E-state index contributed by atoms with van der Waals surface area (Å²) in [4.78, 5) is 18.1. The highest BCUT2D eigenvalue weighted by atomic mass is 32.1. The molecule has 0 aliphatic heterocycles. The summed E-state index contributed by atoms with van der Waals surface area (Å²) >= 11 is 1.57. The second-order valence-corrected chi connectivity index (χ2v) is 7.63. The van der Waals surface area contributed by atoms with Crippen molar-refractivity contribution >= 4 is 29.4 Å². The lowest BCUT2D eigenvalue weighted by atomic mass is 10.1. The molecule has 0 spiro atoms. The van der Waals surface area contributed by atoms with Crippen molar-refractivity contribution < 1.29 is 9.32 Å². The highest BCUT2D eigenvalue weighted by Crippen LogP contribution is 2.30. The molecule has 1 aliphatic carbocycles. The molecule has 0 atom stereocenters. The van der Waals surface area contributed by atoms with Gasteiger partial charge >= 0.3 is 0 Å². The zero-order valence-corrected chi connectivity index (χ0v) is 15.3. The van der Waals surface area contributed by atoms with Gasteiger partial charge in [-0.1, -0.05) is 35.0 Å². The van der Waals surface area contributed by atoms with Gasteiger partial charge in [-0.15, -0.1) is 11.3 Å². The van der Waals surface area contributed by atoms with Crippen LogP contribution in [0.5, 0.6) is 0 Å². The van der Waals surface area contributed by atoms with Gasteiger partial charge in [0.2, 0.25) is 11.7 Å². The van der Waals surface area contributed by atoms with E-state index in [1.54, 1.807) is 11.3 Å². The number of carbonyl (C=O) groups is 1. The molecular weight excluding hydrogens is 346 g/mol. The van der Waals surface area contributed by atoms with Gasteiger partial charge in [0.15, 0.2) is 0 Å². The van der Waals surface area contributed by atoms with Gasteiger partial charge < -0.3 is 9.84 Å². The van der Waals surface area contributed by atoms with Crippen LogP contribution in [-0.2, 0) is 11.3 Å². The lowest BCUT2D eigenvalue weighted by molar-refractivity contribution is -0.122. The van der Waals surface area contributed by atoms with Crippen LogP contribution in [0.3, 0.4) is 0 Å². The van der Waals surface area contributed by atoms with Crippen LogP contribution in [0.15, 0.2) is 40.9 Å². The number of nitrogens with zero attached hydrogens (tertiary/aromatic N) is 2. The average molecular weight is 365 g/mol. The second-order valence-electron chi connectivity index (χ2n) is 6.46. The van der Waals surface area contributed by atoms with Gasteiger partial charge in [-0.2, -0.15) is 4.98 Å². The van der Waals surface area contributed by atoms with Crippen LogP contribution in [0.25, 0.3) is 22.9 Å². The highest BCUT2D eigenvalue weighted by molar-refractivity contribution is 7.15. The Labute approximate surface area is 155 Å². The summed E-state index contributed by atoms with van der Waals surface area (Å²) < 4.78 is 5.30. The quantitative estimate of drug-likeness (QED) is 0.707. The Kier molecular flexibility index (Phi) is 4.67. The second kappa shape index (κ2) is 7.25. The number of aryl methyl sites for hydroxylation is 1. The zero-order chi connectivity index (χ0) is 17.9. The summed E-state index contributed by atoms with van der Waals surface area (Å²) in [5, 5.41) is 7.01. The van der Waals surface area contributed by atoms with Gasteiger partial charge in [-0.25, -0.2) is 0 Å². The topological polar surface area (TPSA) is 68.0 Å². The molecular formula is C20H19N3O2S. The molecule has 0 unspecified atom stereocenters. The van der Waals surface area contributed by atoms with Crippen LogP contribution in [0.4, 0.5) is 0 Å². The number of benzene rings is 1. The molecule has 0 bridgehead atoms. The number of hydrogen-bond donors (Lipinski definition) is 1. The van der Waals surface area contributed by atoms with E-state index in [4.69, 9.17) is 4.52 Å². The molecule has 1 saturated carbocycles. The largest absolute Gasteiger partial charge is 0.351 e. The first-order valence-electron chi connectivity index (χ1n) is 8.62. The van der Waals surface area contributed by atoms with Crippen LogP contribution in [-0.4, -0.2) is 16.0 Å². The Morgan fingerprint density at radius 3 is 2.81 bits per heavy atom. The van der Waals surface area contributed by atoms with E-state index < -0.39 is 0 Å². The molecule has 5 nitrogen and oxygen atoms in total. The van der Waals surface area contributed by atoms with E-state index in [2.05, 4.69) is 34.5 Å². The Morgan fingerprint density at radius 1 is 1.23 bits per heavy atom. The molecule has 4 rings (SSSR count). The summed E-state index contributed by atoms with van der Waals surface area (Å²) in [7, 11) is 0. The lowest BCUT2D eigenvalue weighted by Crippen LogP contribution is -2.23. The molecule has 2 heterocycles. The monoisotopic (exact) mass is 365 g/mol. The van der Waals surface area contributed by atoms with Gasteiger partial charge in [-0.3, -0.25) is 4.79 Å². The Morgan fingerprint density at radius 2 is 2.04 bits per heavy atom. The predicted octanol–water partition coefficient (Wildman–Crippen LogP) is 4.30. The first kappa shape index (κ1) is 16.7. The minimum absolute atomic E-state index is 0.156. The van der Waals surface area contributed by atoms with Crippen LogP contribution in [0.1, 0.15) is 34.7 Å². The average Bonchev–Trinajstić information content (AvgIpc) is 3.21. The summed E-state index contributed by atoms with van der Waals surface area (Å²) in [6.07, 6.45) is 5.79. The van der Waals surface area contributed by atoms with E-state index in [1.807, 2.05) is 36.4 Å². The van der Waals surface area contributed by atoms with Gasteiger partial charge in [0, 0.05) is 16.9 Å². The van der Waals surface area contributed by atoms with Gasteiger partial charge in [0.25, 0.3) is 5.89 Å². The fraction of sp³-hybridized carbons (Fsp3) is 0.250. The SMILES string of the molecule is Cc1ccc(C=Cc2nc(-c3ccc(CNC(=O)C4CC4)s3)no2)cc1. The van der Waals surface area contributed by atoms with Gasteiger partial charge in [0.1, 0.15) is 0 Å². The lowest BCUT2D eigenvalue weighted by Gasteiger charge is -2.00. The van der Waals surface area contributed by atoms with Crippen molar-refractivity contribution in [1.82, 2.24) is 15.5 Å². The maximum absolute atomic E-state index is 11.7. The molecule has 1 aromatic carbocycles. The van der Waals surface area contributed by atoms with Crippen LogP contribution < -0.4 is 5.32 Å². The van der Waals surface area contributed by atoms with Crippen molar-refractivity contribution in [2.45, 2.75) is 26.3 Å². The number of amides is 1. The van der Waals surface area contributed by atoms with Crippen molar-refractivity contribution in [3.63, 3.8) is 0 Å². The number of thiophene rings is 1. The Hall–Kier alpha value is -2.73. The fourth-order valence-electron chi connectivity index (χ4n) is 2.51. The van der Waals surface area contributed by atoms with E-state index in [-0.39, 0.29) is 11.8 Å². The molecule has 0 radical (unpaired) electrons. The number of nitrogens with one attached hydrogen (secondary N) is 1. The third-order valence-corrected chi connectivity index (χ3v) is 5.29. The molecule has 0 saturated heterocycles. The van der Waals surface area contributed by atoms with E-state index in [9.17, 15) is 4.79 Å². The van der Waals surface area contributed by atoms with E-state index in [0.717, 1.165) is 28.2 Å². The van der Waals surface area contributed by atoms with Crippen molar-refractivity contribution in [3.8, 4) is 10.7 Å². The van der Waals surface area contributed by atoms with E-state index in [1.165, 1.54) is 5.56 Å². The van der Waals surface area contributed by atoms with Crippen molar-refractivity contribution in [3.05, 3.63) is 58.3 Å². The fourth-order valence-corrected chi connectivity index (χ4v) is 3.38. The summed E-state index contributed by atoms with van der Waals surface area (Å²) in [6.45, 7) is 2.61. The van der Waals surface area contributed by atoms with Crippen molar-refractivity contribution in [2.75, 3.05) is 0 Å². The van der Waals surface area contributed by atoms with E-state index in [0.29, 0.717) is 18.3 Å². The maximum Gasteiger partial charge on any atom is 0.250 e. The molecule has 132 valence electrons. The third-order valence-electron chi connectivity index (χ3n) is 4.20. The van der Waals surface area contributed by atoms with Crippen LogP contribution in [0, 0.1) is 12.8 Å². The standard InChI is InChI=1S/C20H19N3O2S/c1-13-2-4-14(5-3-13)6-11-18-22-19(23-25-18)17-10-9-16(26-17)12-21-20(24)15-7-8-15/h2-6,9-11,15H,7-8,12H2,1H3,(H,21,24). The first-order chi connectivity index (χ1) is 12.7. The Balaban J connectivity index is 1.39. The number of hydrogen-bond acceptors (Lipinski definition) is 5. The molecule has 1 aliphatic rings. The van der Waals surface area contributed by atoms with Crippen LogP contribution in [0.2, 0.25) is 0 Å². The molecule has 1 fully saturated rings. The molecule has 1 amide bonds.